The lowest BCUT2D eigenvalue weighted by atomic mass is 9.71. The predicted molar refractivity (Wildman–Crippen MR) is 118 cm³/mol. The van der Waals surface area contributed by atoms with Crippen LogP contribution in [0.5, 0.6) is 0 Å². The molecule has 0 saturated carbocycles. The minimum absolute atomic E-state index is 0.0145. The van der Waals surface area contributed by atoms with Crippen molar-refractivity contribution >= 4 is 20.4 Å². The number of ether oxygens (including phenoxy) is 3. The first kappa shape index (κ1) is 27.0. The van der Waals surface area contributed by atoms with E-state index in [1.54, 1.807) is 13.0 Å². The SMILES string of the molecule is C=CC1=C(C)C(=O)C(OP(OC)OC/C=C2/OC(=O)C(OC)=C2OC)CC1(C)C.CC. The van der Waals surface area contributed by atoms with Gasteiger partial charge in [0.2, 0.25) is 5.76 Å². The third-order valence-corrected chi connectivity index (χ3v) is 5.82. The van der Waals surface area contributed by atoms with E-state index in [0.717, 1.165) is 5.57 Å². The molecule has 2 rings (SSSR count). The second-order valence-electron chi connectivity index (χ2n) is 7.02. The van der Waals surface area contributed by atoms with Gasteiger partial charge in [-0.3, -0.25) is 4.79 Å². The smallest absolute Gasteiger partial charge is 0.383 e. The lowest BCUT2D eigenvalue weighted by molar-refractivity contribution is -0.136. The van der Waals surface area contributed by atoms with Gasteiger partial charge in [0, 0.05) is 7.11 Å². The van der Waals surface area contributed by atoms with Crippen molar-refractivity contribution < 1.29 is 37.4 Å². The van der Waals surface area contributed by atoms with Gasteiger partial charge in [0.05, 0.1) is 20.8 Å². The van der Waals surface area contributed by atoms with E-state index in [1.165, 1.54) is 27.4 Å². The van der Waals surface area contributed by atoms with Crippen LogP contribution in [-0.4, -0.2) is 45.8 Å². The summed E-state index contributed by atoms with van der Waals surface area (Å²) in [5.41, 5.74) is 1.30. The first-order valence-electron chi connectivity index (χ1n) is 9.97. The number of methoxy groups -OCH3 is 2. The van der Waals surface area contributed by atoms with Crippen molar-refractivity contribution in [1.29, 1.82) is 0 Å². The Morgan fingerprint density at radius 2 is 1.77 bits per heavy atom. The first-order chi connectivity index (χ1) is 14.7. The molecule has 174 valence electrons. The van der Waals surface area contributed by atoms with E-state index < -0.39 is 20.7 Å². The summed E-state index contributed by atoms with van der Waals surface area (Å²) in [6.45, 7) is 13.7. The number of Topliss-reactive ketones (excluding diaryl/α,β-unsaturated/α-hetero) is 1. The lowest BCUT2D eigenvalue weighted by Gasteiger charge is -2.36. The molecule has 8 nitrogen and oxygen atoms in total. The van der Waals surface area contributed by atoms with Gasteiger partial charge < -0.3 is 27.8 Å². The largest absolute Gasteiger partial charge is 0.490 e. The molecule has 9 heteroatoms. The molecule has 1 aliphatic heterocycles. The van der Waals surface area contributed by atoms with Crippen molar-refractivity contribution in [2.24, 2.45) is 5.41 Å². The number of esters is 1. The van der Waals surface area contributed by atoms with E-state index in [0.29, 0.717) is 12.0 Å². The molecule has 0 fully saturated rings. The lowest BCUT2D eigenvalue weighted by Crippen LogP contribution is -2.37. The van der Waals surface area contributed by atoms with Gasteiger partial charge in [-0.1, -0.05) is 40.3 Å². The Bertz CT molecular complexity index is 778. The summed E-state index contributed by atoms with van der Waals surface area (Å²) >= 11 is 0. The number of carbonyl (C=O) groups is 2. The molecule has 0 amide bonds. The van der Waals surface area contributed by atoms with E-state index >= 15 is 0 Å². The summed E-state index contributed by atoms with van der Waals surface area (Å²) in [5.74, 6) is -0.393. The third-order valence-electron chi connectivity index (χ3n) is 4.73. The minimum atomic E-state index is -1.79. The second-order valence-corrected chi connectivity index (χ2v) is 8.30. The van der Waals surface area contributed by atoms with Crippen molar-refractivity contribution in [2.45, 2.75) is 47.1 Å². The standard InChI is InChI=1S/C20H27O8P.C2H6/c1-8-13-12(2)16(21)15(11-20(13,3)4)28-29(25-7)26-10-9-14-17(23-5)18(24-6)19(22)27-14;1-2/h8-9,15H,1,10-11H2,2-7H3;1-2H3/b14-9+;. The van der Waals surface area contributed by atoms with Crippen molar-refractivity contribution in [3.63, 3.8) is 0 Å². The molecule has 2 unspecified atom stereocenters. The summed E-state index contributed by atoms with van der Waals surface area (Å²) in [5, 5.41) is 0. The average molecular weight is 456 g/mol. The van der Waals surface area contributed by atoms with E-state index in [-0.39, 0.29) is 35.1 Å². The second kappa shape index (κ2) is 12.2. The van der Waals surface area contributed by atoms with Crippen LogP contribution in [-0.2, 0) is 37.4 Å². The number of cyclic esters (lactones) is 1. The summed E-state index contributed by atoms with van der Waals surface area (Å²) in [6.07, 6.45) is 3.05. The van der Waals surface area contributed by atoms with Crippen LogP contribution in [0.25, 0.3) is 0 Å². The van der Waals surface area contributed by atoms with Crippen LogP contribution in [0.4, 0.5) is 0 Å². The minimum Gasteiger partial charge on any atom is -0.490 e. The molecule has 0 radical (unpaired) electrons. The van der Waals surface area contributed by atoms with Gasteiger partial charge in [0.25, 0.3) is 5.76 Å². The summed E-state index contributed by atoms with van der Waals surface area (Å²) in [4.78, 5) is 24.4. The van der Waals surface area contributed by atoms with Crippen LogP contribution >= 0.6 is 8.60 Å². The molecule has 2 atom stereocenters. The van der Waals surface area contributed by atoms with E-state index in [1.807, 2.05) is 27.7 Å². The number of hydrogen-bond acceptors (Lipinski definition) is 8. The maximum Gasteiger partial charge on any atom is 0.383 e. The Kier molecular flexibility index (Phi) is 10.6. The number of carbonyl (C=O) groups excluding carboxylic acids is 2. The molecule has 31 heavy (non-hydrogen) atoms. The highest BCUT2D eigenvalue weighted by Gasteiger charge is 2.40. The van der Waals surface area contributed by atoms with Crippen LogP contribution in [0.1, 0.15) is 41.0 Å². The number of rotatable bonds is 9. The maximum absolute atomic E-state index is 12.7. The van der Waals surface area contributed by atoms with Crippen LogP contribution in [0, 0.1) is 5.41 Å². The first-order valence-corrected chi connectivity index (χ1v) is 11.1. The van der Waals surface area contributed by atoms with E-state index in [2.05, 4.69) is 6.58 Å². The summed E-state index contributed by atoms with van der Waals surface area (Å²) < 4.78 is 31.9. The molecular formula is C22H33O8P. The summed E-state index contributed by atoms with van der Waals surface area (Å²) in [6, 6.07) is 0. The number of allylic oxidation sites excluding steroid dienone is 2. The van der Waals surface area contributed by atoms with Gasteiger partial charge in [0.1, 0.15) is 6.10 Å². The molecule has 0 N–H and O–H groups in total. The number of hydrogen-bond donors (Lipinski definition) is 0. The molecule has 0 spiro atoms. The van der Waals surface area contributed by atoms with Crippen molar-refractivity contribution in [2.75, 3.05) is 27.9 Å². The molecule has 1 heterocycles. The fourth-order valence-corrected chi connectivity index (χ4v) is 4.19. The Hall–Kier alpha value is -1.99. The number of ketones is 1. The highest BCUT2D eigenvalue weighted by molar-refractivity contribution is 7.41. The quantitative estimate of drug-likeness (QED) is 0.363. The Labute approximate surface area is 185 Å². The van der Waals surface area contributed by atoms with Gasteiger partial charge in [-0.05, 0) is 36.0 Å². The zero-order valence-electron chi connectivity index (χ0n) is 19.6. The van der Waals surface area contributed by atoms with Gasteiger partial charge in [-0.25, -0.2) is 4.79 Å². The maximum atomic E-state index is 12.7. The van der Waals surface area contributed by atoms with Crippen LogP contribution < -0.4 is 0 Å². The highest BCUT2D eigenvalue weighted by Crippen LogP contribution is 2.47. The topological polar surface area (TPSA) is 89.5 Å². The summed E-state index contributed by atoms with van der Waals surface area (Å²) in [7, 11) is 2.40. The van der Waals surface area contributed by atoms with Gasteiger partial charge in [-0.2, -0.15) is 0 Å². The van der Waals surface area contributed by atoms with Gasteiger partial charge >= 0.3 is 14.6 Å². The predicted octanol–water partition coefficient (Wildman–Crippen LogP) is 4.73. The van der Waals surface area contributed by atoms with E-state index in [4.69, 9.17) is 27.8 Å². The van der Waals surface area contributed by atoms with Gasteiger partial charge in [0.15, 0.2) is 11.5 Å². The molecule has 0 aromatic heterocycles. The Balaban J connectivity index is 0.00000233. The van der Waals surface area contributed by atoms with Gasteiger partial charge in [-0.15, -0.1) is 0 Å². The molecular weight excluding hydrogens is 423 g/mol. The Morgan fingerprint density at radius 3 is 2.29 bits per heavy atom. The third kappa shape index (κ3) is 6.26. The molecule has 2 aliphatic rings. The van der Waals surface area contributed by atoms with Crippen molar-refractivity contribution in [3.05, 3.63) is 47.2 Å². The van der Waals surface area contributed by atoms with Crippen molar-refractivity contribution in [3.8, 4) is 0 Å². The zero-order chi connectivity index (χ0) is 23.8. The van der Waals surface area contributed by atoms with Crippen LogP contribution in [0.2, 0.25) is 0 Å². The average Bonchev–Trinajstić information content (AvgIpc) is 3.06. The monoisotopic (exact) mass is 456 g/mol. The fourth-order valence-electron chi connectivity index (χ4n) is 3.37. The normalized spacial score (nSPS) is 22.7. The highest BCUT2D eigenvalue weighted by atomic mass is 31.2. The van der Waals surface area contributed by atoms with Crippen molar-refractivity contribution in [1.82, 2.24) is 0 Å². The fraction of sp³-hybridized carbons (Fsp3) is 0.545. The zero-order valence-corrected chi connectivity index (χ0v) is 20.5. The molecule has 0 saturated heterocycles. The molecule has 0 aromatic rings. The molecule has 0 aromatic carbocycles. The molecule has 1 aliphatic carbocycles. The van der Waals surface area contributed by atoms with Crippen LogP contribution in [0.3, 0.4) is 0 Å². The molecule has 0 bridgehead atoms. The Morgan fingerprint density at radius 1 is 1.16 bits per heavy atom. The van der Waals surface area contributed by atoms with Crippen LogP contribution in [0.15, 0.2) is 47.2 Å². The van der Waals surface area contributed by atoms with E-state index in [9.17, 15) is 9.59 Å².